The molecule has 1 saturated heterocycles. The van der Waals surface area contributed by atoms with Crippen molar-refractivity contribution in [1.29, 1.82) is 0 Å². The molecule has 0 bridgehead atoms. The minimum Gasteiger partial charge on any atom is -0.390 e. The van der Waals surface area contributed by atoms with Gasteiger partial charge in [0.25, 0.3) is 0 Å². The number of oxime groups is 1. The molecule has 1 aliphatic rings. The second kappa shape index (κ2) is 9.26. The number of carbonyl (C=O) groups is 2. The van der Waals surface area contributed by atoms with E-state index in [0.717, 1.165) is 11.9 Å². The van der Waals surface area contributed by atoms with Crippen molar-refractivity contribution in [3.05, 3.63) is 70.5 Å². The van der Waals surface area contributed by atoms with Gasteiger partial charge in [-0.3, -0.25) is 9.59 Å². The first-order chi connectivity index (χ1) is 14.3. The number of rotatable bonds is 8. The number of amides is 2. The van der Waals surface area contributed by atoms with Gasteiger partial charge in [0, 0.05) is 18.5 Å². The number of carbonyl (C=O) groups excluding carboxylic acids is 2. The summed E-state index contributed by atoms with van der Waals surface area (Å²) in [6, 6.07) is 12.8. The fourth-order valence-electron chi connectivity index (χ4n) is 3.27. The van der Waals surface area contributed by atoms with Crippen molar-refractivity contribution >= 4 is 29.8 Å². The zero-order valence-electron chi connectivity index (χ0n) is 16.8. The number of likely N-dealkylation sites (tertiary alicyclic amines) is 1. The van der Waals surface area contributed by atoms with E-state index in [9.17, 15) is 14.0 Å². The van der Waals surface area contributed by atoms with E-state index < -0.39 is 17.3 Å². The van der Waals surface area contributed by atoms with Crippen LogP contribution in [0.1, 0.15) is 25.0 Å². The predicted octanol–water partition coefficient (Wildman–Crippen LogP) is 3.53. The van der Waals surface area contributed by atoms with Crippen LogP contribution in [0.4, 0.5) is 4.39 Å². The molecular formula is C22H23ClFN3O3. The van der Waals surface area contributed by atoms with Crippen LogP contribution in [0.2, 0.25) is 5.02 Å². The van der Waals surface area contributed by atoms with Gasteiger partial charge in [-0.05, 0) is 31.5 Å². The molecule has 3 rings (SSSR count). The summed E-state index contributed by atoms with van der Waals surface area (Å²) in [5, 5.41) is 6.50. The van der Waals surface area contributed by atoms with E-state index in [2.05, 4.69) is 10.5 Å². The van der Waals surface area contributed by atoms with Crippen molar-refractivity contribution in [2.24, 2.45) is 10.6 Å². The van der Waals surface area contributed by atoms with Crippen LogP contribution in [0.15, 0.2) is 53.7 Å². The third-order valence-corrected chi connectivity index (χ3v) is 5.28. The summed E-state index contributed by atoms with van der Waals surface area (Å²) in [6.07, 6.45) is 1.53. The summed E-state index contributed by atoms with van der Waals surface area (Å²) >= 11 is 5.93. The lowest BCUT2D eigenvalue weighted by molar-refractivity contribution is -0.163. The molecule has 30 heavy (non-hydrogen) atoms. The normalized spacial score (nSPS) is 16.3. The Morgan fingerprint density at radius 2 is 2.07 bits per heavy atom. The van der Waals surface area contributed by atoms with E-state index in [4.69, 9.17) is 16.4 Å². The first-order valence-corrected chi connectivity index (χ1v) is 9.89. The van der Waals surface area contributed by atoms with Gasteiger partial charge >= 0.3 is 0 Å². The highest BCUT2D eigenvalue weighted by atomic mass is 35.5. The fraction of sp³-hybridized carbons (Fsp3) is 0.318. The van der Waals surface area contributed by atoms with Gasteiger partial charge in [0.2, 0.25) is 11.8 Å². The molecule has 2 aromatic rings. The van der Waals surface area contributed by atoms with Gasteiger partial charge < -0.3 is 15.1 Å². The molecule has 0 saturated carbocycles. The van der Waals surface area contributed by atoms with Crippen molar-refractivity contribution in [3.8, 4) is 0 Å². The molecule has 6 nitrogen and oxygen atoms in total. The SMILES string of the molecule is CC1(C)CN([C@H](Cc2ccccc2)C(=O)N/C=N\OCc2ccc(F)cc2Cl)C1=O. The third kappa shape index (κ3) is 5.16. The number of hydrogen-bond donors (Lipinski definition) is 1. The van der Waals surface area contributed by atoms with Crippen LogP contribution in [0.5, 0.6) is 0 Å². The van der Waals surface area contributed by atoms with E-state index >= 15 is 0 Å². The summed E-state index contributed by atoms with van der Waals surface area (Å²) in [5.74, 6) is -0.847. The molecule has 2 aromatic carbocycles. The van der Waals surface area contributed by atoms with Crippen molar-refractivity contribution in [2.45, 2.75) is 32.9 Å². The van der Waals surface area contributed by atoms with Crippen LogP contribution < -0.4 is 5.32 Å². The molecule has 1 N–H and O–H groups in total. The Kier molecular flexibility index (Phi) is 6.72. The van der Waals surface area contributed by atoms with E-state index in [1.54, 1.807) is 4.90 Å². The van der Waals surface area contributed by atoms with E-state index in [1.807, 2.05) is 44.2 Å². The summed E-state index contributed by atoms with van der Waals surface area (Å²) in [4.78, 5) is 31.9. The molecular weight excluding hydrogens is 409 g/mol. The standard InChI is InChI=1S/C22H23ClFN3O3/c1-22(2)13-27(21(22)29)19(10-15-6-4-3-5-7-15)20(28)25-14-26-30-12-16-8-9-17(24)11-18(16)23/h3-9,11,14,19H,10,12-13H2,1-2H3,(H,25,26,28)/t19-/m1/s1. The molecule has 1 aliphatic heterocycles. The molecule has 1 fully saturated rings. The minimum absolute atomic E-state index is 0.0255. The molecule has 0 aromatic heterocycles. The van der Waals surface area contributed by atoms with Gasteiger partial charge in [0.05, 0.1) is 10.4 Å². The average molecular weight is 432 g/mol. The van der Waals surface area contributed by atoms with Crippen LogP contribution in [0.3, 0.4) is 0 Å². The highest BCUT2D eigenvalue weighted by Crippen LogP contribution is 2.33. The van der Waals surface area contributed by atoms with Gasteiger partial charge in [-0.25, -0.2) is 4.39 Å². The second-order valence-corrected chi connectivity index (χ2v) is 8.18. The molecule has 0 unspecified atom stereocenters. The molecule has 0 spiro atoms. The Morgan fingerprint density at radius 3 is 2.70 bits per heavy atom. The lowest BCUT2D eigenvalue weighted by atomic mass is 9.81. The first kappa shape index (κ1) is 21.8. The first-order valence-electron chi connectivity index (χ1n) is 9.51. The maximum absolute atomic E-state index is 13.1. The van der Waals surface area contributed by atoms with Gasteiger partial charge in [-0.1, -0.05) is 53.2 Å². The maximum atomic E-state index is 13.1. The minimum atomic E-state index is -0.647. The highest BCUT2D eigenvalue weighted by Gasteiger charge is 2.48. The van der Waals surface area contributed by atoms with Gasteiger partial charge in [-0.2, -0.15) is 0 Å². The Bertz CT molecular complexity index is 950. The van der Waals surface area contributed by atoms with Crippen molar-refractivity contribution in [2.75, 3.05) is 6.54 Å². The van der Waals surface area contributed by atoms with Gasteiger partial charge in [-0.15, -0.1) is 0 Å². The van der Waals surface area contributed by atoms with E-state index in [-0.39, 0.29) is 23.4 Å². The lowest BCUT2D eigenvalue weighted by Gasteiger charge is -2.48. The summed E-state index contributed by atoms with van der Waals surface area (Å²) in [6.45, 7) is 4.25. The third-order valence-electron chi connectivity index (χ3n) is 4.93. The van der Waals surface area contributed by atoms with Crippen LogP contribution >= 0.6 is 11.6 Å². The molecule has 8 heteroatoms. The maximum Gasteiger partial charge on any atom is 0.248 e. The lowest BCUT2D eigenvalue weighted by Crippen LogP contribution is -2.65. The van der Waals surface area contributed by atoms with Gasteiger partial charge in [0.1, 0.15) is 24.8 Å². The Hall–Kier alpha value is -2.93. The highest BCUT2D eigenvalue weighted by molar-refractivity contribution is 6.31. The van der Waals surface area contributed by atoms with Crippen LogP contribution in [0.25, 0.3) is 0 Å². The fourth-order valence-corrected chi connectivity index (χ4v) is 3.49. The summed E-state index contributed by atoms with van der Waals surface area (Å²) < 4.78 is 13.1. The molecule has 0 aliphatic carbocycles. The average Bonchev–Trinajstić information content (AvgIpc) is 2.72. The Labute approximate surface area is 179 Å². The number of halogens is 2. The Morgan fingerprint density at radius 1 is 1.33 bits per heavy atom. The van der Waals surface area contributed by atoms with Gasteiger partial charge in [0.15, 0.2) is 0 Å². The van der Waals surface area contributed by atoms with Crippen molar-refractivity contribution in [1.82, 2.24) is 10.2 Å². The Balaban J connectivity index is 1.58. The molecule has 1 atom stereocenters. The van der Waals surface area contributed by atoms with Crippen LogP contribution in [-0.4, -0.2) is 35.6 Å². The predicted molar refractivity (Wildman–Crippen MR) is 112 cm³/mol. The molecule has 1 heterocycles. The van der Waals surface area contributed by atoms with Crippen LogP contribution in [0, 0.1) is 11.2 Å². The monoisotopic (exact) mass is 431 g/mol. The van der Waals surface area contributed by atoms with Crippen molar-refractivity contribution < 1.29 is 18.8 Å². The quantitative estimate of drug-likeness (QED) is 0.301. The zero-order valence-corrected chi connectivity index (χ0v) is 17.5. The number of nitrogens with zero attached hydrogens (tertiary/aromatic N) is 2. The number of benzene rings is 2. The number of β-lactam (4-membered cyclic amide) rings is 1. The molecule has 158 valence electrons. The summed E-state index contributed by atoms with van der Waals surface area (Å²) in [5.41, 5.74) is 1.06. The largest absolute Gasteiger partial charge is 0.390 e. The molecule has 0 radical (unpaired) electrons. The number of nitrogens with one attached hydrogen (secondary N) is 1. The summed E-state index contributed by atoms with van der Waals surface area (Å²) in [7, 11) is 0. The van der Waals surface area contributed by atoms with E-state index in [0.29, 0.717) is 18.5 Å². The zero-order chi connectivity index (χ0) is 21.7. The van der Waals surface area contributed by atoms with E-state index in [1.165, 1.54) is 18.2 Å². The topological polar surface area (TPSA) is 71.0 Å². The smallest absolute Gasteiger partial charge is 0.248 e. The number of hydrogen-bond acceptors (Lipinski definition) is 4. The van der Waals surface area contributed by atoms with Crippen molar-refractivity contribution in [3.63, 3.8) is 0 Å². The van der Waals surface area contributed by atoms with Crippen LogP contribution in [-0.2, 0) is 27.5 Å². The second-order valence-electron chi connectivity index (χ2n) is 7.77. The molecule has 2 amide bonds.